The van der Waals surface area contributed by atoms with E-state index in [-0.39, 0.29) is 35.3 Å². The summed E-state index contributed by atoms with van der Waals surface area (Å²) >= 11 is 0. The number of hydrogen-bond donors (Lipinski definition) is 2. The summed E-state index contributed by atoms with van der Waals surface area (Å²) in [7, 11) is -3.79. The largest absolute Gasteiger partial charge is 1.00 e. The van der Waals surface area contributed by atoms with E-state index in [9.17, 15) is 8.42 Å². The van der Waals surface area contributed by atoms with Gasteiger partial charge in [0.25, 0.3) is 10.1 Å². The zero-order valence-electron chi connectivity index (χ0n) is 10.6. The van der Waals surface area contributed by atoms with Crippen molar-refractivity contribution in [2.24, 2.45) is 0 Å². The smallest absolute Gasteiger partial charge is 0.419 e. The molecule has 1 fully saturated rings. The molecule has 1 aliphatic rings. The van der Waals surface area contributed by atoms with Crippen molar-refractivity contribution >= 4 is 16.4 Å². The number of morpholine rings is 1. The first kappa shape index (κ1) is 23.1. The monoisotopic (exact) mass is 287 g/mol. The van der Waals surface area contributed by atoms with Gasteiger partial charge in [-0.05, 0) is 6.29 Å². The SMILES string of the molecule is C1COCCN1.C=CCS(=O)(=O)O.C=C[C-]=O.[Na+]. The Hall–Kier alpha value is -0.0200. The maximum absolute atomic E-state index is 9.72. The van der Waals surface area contributed by atoms with E-state index in [0.717, 1.165) is 38.5 Å². The summed E-state index contributed by atoms with van der Waals surface area (Å²) in [5.41, 5.74) is 0. The number of allylic oxidation sites excluding steroid dienone is 1. The van der Waals surface area contributed by atoms with Crippen LogP contribution in [-0.2, 0) is 19.6 Å². The fourth-order valence-corrected chi connectivity index (χ4v) is 0.963. The van der Waals surface area contributed by atoms with E-state index in [1.807, 2.05) is 0 Å². The van der Waals surface area contributed by atoms with Gasteiger partial charge in [0.05, 0.1) is 19.0 Å². The van der Waals surface area contributed by atoms with Crippen LogP contribution in [0.25, 0.3) is 0 Å². The molecule has 6 nitrogen and oxygen atoms in total. The molecular formula is C10H18NNaO5S. The molecule has 0 spiro atoms. The Morgan fingerprint density at radius 1 is 1.33 bits per heavy atom. The van der Waals surface area contributed by atoms with E-state index in [0.29, 0.717) is 0 Å². The first-order chi connectivity index (χ1) is 7.97. The number of nitrogens with one attached hydrogen (secondary N) is 1. The predicted molar refractivity (Wildman–Crippen MR) is 66.2 cm³/mol. The Labute approximate surface area is 131 Å². The fraction of sp³-hybridized carbons (Fsp3) is 0.500. The summed E-state index contributed by atoms with van der Waals surface area (Å²) in [4.78, 5) is 8.93. The van der Waals surface area contributed by atoms with Gasteiger partial charge in [-0.2, -0.15) is 8.42 Å². The second kappa shape index (κ2) is 17.0. The Bertz CT molecular complexity index is 284. The Morgan fingerprint density at radius 3 is 1.83 bits per heavy atom. The van der Waals surface area contributed by atoms with Crippen LogP contribution in [0.3, 0.4) is 0 Å². The van der Waals surface area contributed by atoms with E-state index in [4.69, 9.17) is 14.1 Å². The molecule has 1 aliphatic heterocycles. The van der Waals surface area contributed by atoms with E-state index in [1.54, 1.807) is 0 Å². The molecule has 0 aromatic heterocycles. The average Bonchev–Trinajstić information content (AvgIpc) is 2.31. The standard InChI is InChI=1S/C4H9NO.C3H6O3S.C3H3O.Na/c1-3-6-4-2-5-1;1-2-3-7(4,5)6;1-2-3-4;/h5H,1-4H2;2H,1,3H2,(H,4,5,6);2H,1H2;/q;;-1;+1. The number of hydrogen-bond acceptors (Lipinski definition) is 5. The third-order valence-electron chi connectivity index (χ3n) is 1.26. The maximum atomic E-state index is 9.72. The fourth-order valence-electron chi connectivity index (χ4n) is 0.665. The van der Waals surface area contributed by atoms with Crippen LogP contribution < -0.4 is 34.9 Å². The van der Waals surface area contributed by atoms with Gasteiger partial charge in [0, 0.05) is 13.1 Å². The second-order valence-electron chi connectivity index (χ2n) is 2.72. The van der Waals surface area contributed by atoms with E-state index >= 15 is 0 Å². The van der Waals surface area contributed by atoms with Gasteiger partial charge in [0.15, 0.2) is 0 Å². The number of carbonyl (C=O) groups excluding carboxylic acids is 1. The molecule has 0 amide bonds. The van der Waals surface area contributed by atoms with Crippen LogP contribution in [0.1, 0.15) is 0 Å². The van der Waals surface area contributed by atoms with Crippen LogP contribution in [0, 0.1) is 0 Å². The summed E-state index contributed by atoms with van der Waals surface area (Å²) < 4.78 is 32.4. The number of rotatable bonds is 3. The summed E-state index contributed by atoms with van der Waals surface area (Å²) in [5, 5.41) is 3.16. The zero-order chi connectivity index (χ0) is 13.6. The predicted octanol–water partition coefficient (Wildman–Crippen LogP) is -3.05. The minimum Gasteiger partial charge on any atom is -0.419 e. The van der Waals surface area contributed by atoms with Gasteiger partial charge < -0.3 is 14.8 Å². The molecule has 1 rings (SSSR count). The molecule has 0 unspecified atom stereocenters. The van der Waals surface area contributed by atoms with Crippen molar-refractivity contribution in [3.8, 4) is 0 Å². The van der Waals surface area contributed by atoms with Gasteiger partial charge in [0.1, 0.15) is 0 Å². The minimum atomic E-state index is -3.79. The van der Waals surface area contributed by atoms with Crippen molar-refractivity contribution in [2.75, 3.05) is 32.1 Å². The van der Waals surface area contributed by atoms with E-state index in [2.05, 4.69) is 18.5 Å². The van der Waals surface area contributed by atoms with E-state index < -0.39 is 10.1 Å². The molecule has 0 aromatic rings. The quantitative estimate of drug-likeness (QED) is 0.188. The van der Waals surface area contributed by atoms with Crippen molar-refractivity contribution in [3.05, 3.63) is 25.3 Å². The van der Waals surface area contributed by atoms with Crippen molar-refractivity contribution in [1.29, 1.82) is 0 Å². The number of ether oxygens (including phenoxy) is 1. The Morgan fingerprint density at radius 2 is 1.78 bits per heavy atom. The van der Waals surface area contributed by atoms with Crippen molar-refractivity contribution in [1.82, 2.24) is 5.32 Å². The van der Waals surface area contributed by atoms with Gasteiger partial charge in [-0.25, -0.2) is 12.7 Å². The van der Waals surface area contributed by atoms with Crippen molar-refractivity contribution in [3.63, 3.8) is 0 Å². The van der Waals surface area contributed by atoms with Crippen LogP contribution in [0.4, 0.5) is 0 Å². The molecule has 8 heteroatoms. The molecule has 0 aliphatic carbocycles. The van der Waals surface area contributed by atoms with Crippen LogP contribution in [0.15, 0.2) is 25.3 Å². The van der Waals surface area contributed by atoms with Gasteiger partial charge in [0.2, 0.25) is 0 Å². The minimum absolute atomic E-state index is 0. The first-order valence-electron chi connectivity index (χ1n) is 4.81. The first-order valence-corrected chi connectivity index (χ1v) is 6.42. The van der Waals surface area contributed by atoms with Crippen molar-refractivity contribution in [2.45, 2.75) is 0 Å². The molecule has 0 bridgehead atoms. The van der Waals surface area contributed by atoms with Gasteiger partial charge in [-0.15, -0.1) is 6.58 Å². The van der Waals surface area contributed by atoms with Gasteiger partial charge in [-0.3, -0.25) is 4.55 Å². The molecule has 0 atom stereocenters. The topological polar surface area (TPSA) is 92.7 Å². The van der Waals surface area contributed by atoms with Gasteiger partial charge in [-0.1, -0.05) is 6.08 Å². The van der Waals surface area contributed by atoms with E-state index in [1.165, 1.54) is 6.29 Å². The molecule has 2 N–H and O–H groups in total. The van der Waals surface area contributed by atoms with Crippen LogP contribution in [-0.4, -0.2) is 51.3 Å². The van der Waals surface area contributed by atoms with Crippen molar-refractivity contribution < 1.29 is 52.1 Å². The third-order valence-corrected chi connectivity index (χ3v) is 1.92. The summed E-state index contributed by atoms with van der Waals surface area (Å²) in [6, 6.07) is 0. The second-order valence-corrected chi connectivity index (χ2v) is 4.22. The Kier molecular flexibility index (Phi) is 21.8. The third kappa shape index (κ3) is 29.7. The molecule has 100 valence electrons. The van der Waals surface area contributed by atoms with Crippen LogP contribution in [0.5, 0.6) is 0 Å². The van der Waals surface area contributed by atoms with Crippen LogP contribution in [0.2, 0.25) is 0 Å². The molecule has 1 heterocycles. The zero-order valence-corrected chi connectivity index (χ0v) is 13.4. The molecular weight excluding hydrogens is 269 g/mol. The van der Waals surface area contributed by atoms with Crippen LogP contribution >= 0.6 is 0 Å². The van der Waals surface area contributed by atoms with Gasteiger partial charge >= 0.3 is 29.6 Å². The maximum Gasteiger partial charge on any atom is 1.00 e. The summed E-state index contributed by atoms with van der Waals surface area (Å²) in [6.07, 6.45) is 3.63. The average molecular weight is 287 g/mol. The molecule has 18 heavy (non-hydrogen) atoms. The molecule has 1 saturated heterocycles. The summed E-state index contributed by atoms with van der Waals surface area (Å²) in [6.45, 7) is 10.00. The molecule has 0 radical (unpaired) electrons. The molecule has 0 saturated carbocycles. The molecule has 0 aromatic carbocycles. The normalized spacial score (nSPS) is 13.4. The Balaban J connectivity index is -0.000000189. The summed E-state index contributed by atoms with van der Waals surface area (Å²) in [5.74, 6) is -0.368.